The number of benzene rings is 1. The second-order valence-corrected chi connectivity index (χ2v) is 6.65. The van der Waals surface area contributed by atoms with Crippen molar-refractivity contribution >= 4 is 45.7 Å². The highest BCUT2D eigenvalue weighted by molar-refractivity contribution is 7.18. The first kappa shape index (κ1) is 17.2. The van der Waals surface area contributed by atoms with E-state index in [-0.39, 0.29) is 19.0 Å². The van der Waals surface area contributed by atoms with Gasteiger partial charge in [0, 0.05) is 17.5 Å². The van der Waals surface area contributed by atoms with Crippen molar-refractivity contribution in [1.29, 1.82) is 0 Å². The average Bonchev–Trinajstić information content (AvgIpc) is 3.04. The first-order chi connectivity index (χ1) is 12.0. The Morgan fingerprint density at radius 2 is 1.88 bits per heavy atom. The number of hydrogen-bond acceptors (Lipinski definition) is 7. The molecule has 3 aromatic rings. The molecule has 2 aromatic heterocycles. The van der Waals surface area contributed by atoms with Crippen LogP contribution in [-0.4, -0.2) is 25.0 Å². The van der Waals surface area contributed by atoms with Gasteiger partial charge in [0.15, 0.2) is 13.2 Å². The predicted octanol–water partition coefficient (Wildman–Crippen LogP) is 3.31. The first-order valence-corrected chi connectivity index (χ1v) is 8.31. The molecule has 2 heterocycles. The number of hydrogen-bond donors (Lipinski definition) is 0. The van der Waals surface area contributed by atoms with E-state index >= 15 is 0 Å². The number of ether oxygens (including phenoxy) is 2. The highest BCUT2D eigenvalue weighted by Crippen LogP contribution is 2.22. The molecular formula is C17H11ClO6S. The smallest absolute Gasteiger partial charge is 0.344 e. The number of carbonyl (C=O) groups is 2. The van der Waals surface area contributed by atoms with Crippen LogP contribution in [0.25, 0.3) is 11.0 Å². The van der Waals surface area contributed by atoms with Crippen LogP contribution in [0.3, 0.4) is 0 Å². The molecule has 0 saturated heterocycles. The number of halogens is 1. The Labute approximate surface area is 150 Å². The Morgan fingerprint density at radius 1 is 1.08 bits per heavy atom. The lowest BCUT2D eigenvalue weighted by Crippen LogP contribution is -2.19. The molecule has 0 aliphatic rings. The Kier molecular flexibility index (Phi) is 5.16. The van der Waals surface area contributed by atoms with Gasteiger partial charge in [-0.2, -0.15) is 0 Å². The number of rotatable bonds is 6. The van der Waals surface area contributed by atoms with Crippen LogP contribution in [-0.2, 0) is 9.53 Å². The van der Waals surface area contributed by atoms with E-state index in [2.05, 4.69) is 0 Å². The number of ketones is 1. The van der Waals surface area contributed by atoms with Gasteiger partial charge in [-0.25, -0.2) is 9.59 Å². The minimum absolute atomic E-state index is 0.335. The summed E-state index contributed by atoms with van der Waals surface area (Å²) in [5.41, 5.74) is -0.126. The Morgan fingerprint density at radius 3 is 2.64 bits per heavy atom. The molecule has 0 amide bonds. The highest BCUT2D eigenvalue weighted by Gasteiger charge is 2.13. The van der Waals surface area contributed by atoms with E-state index in [1.807, 2.05) is 0 Å². The second kappa shape index (κ2) is 7.50. The van der Waals surface area contributed by atoms with Crippen molar-refractivity contribution in [3.63, 3.8) is 0 Å². The lowest BCUT2D eigenvalue weighted by atomic mass is 10.2. The topological polar surface area (TPSA) is 82.8 Å². The predicted molar refractivity (Wildman–Crippen MR) is 92.6 cm³/mol. The van der Waals surface area contributed by atoms with Crippen LogP contribution in [0.15, 0.2) is 51.7 Å². The maximum atomic E-state index is 11.8. The van der Waals surface area contributed by atoms with Crippen LogP contribution in [0.1, 0.15) is 9.67 Å². The van der Waals surface area contributed by atoms with Gasteiger partial charge >= 0.3 is 11.6 Å². The van der Waals surface area contributed by atoms with Crippen molar-refractivity contribution in [3.05, 3.63) is 62.1 Å². The molecule has 128 valence electrons. The summed E-state index contributed by atoms with van der Waals surface area (Å²) in [5, 5.41) is 0.731. The third-order valence-corrected chi connectivity index (χ3v) is 4.44. The third kappa shape index (κ3) is 4.46. The van der Waals surface area contributed by atoms with Crippen LogP contribution in [0, 0.1) is 0 Å². The SMILES string of the molecule is O=C(COc1ccc2ccc(=O)oc2c1)OCC(=O)c1ccc(Cl)s1. The first-order valence-electron chi connectivity index (χ1n) is 7.12. The molecule has 0 N–H and O–H groups in total. The molecule has 3 rings (SSSR count). The fourth-order valence-electron chi connectivity index (χ4n) is 2.00. The zero-order chi connectivity index (χ0) is 17.8. The van der Waals surface area contributed by atoms with Crippen molar-refractivity contribution in [1.82, 2.24) is 0 Å². The summed E-state index contributed by atoms with van der Waals surface area (Å²) >= 11 is 6.86. The van der Waals surface area contributed by atoms with Crippen molar-refractivity contribution in [3.8, 4) is 5.75 Å². The molecule has 0 fully saturated rings. The van der Waals surface area contributed by atoms with Gasteiger partial charge in [0.05, 0.1) is 9.21 Å². The molecule has 8 heteroatoms. The van der Waals surface area contributed by atoms with Gasteiger partial charge in [0.1, 0.15) is 11.3 Å². The van der Waals surface area contributed by atoms with E-state index in [0.29, 0.717) is 20.5 Å². The molecule has 0 spiro atoms. The van der Waals surface area contributed by atoms with Crippen LogP contribution >= 0.6 is 22.9 Å². The van der Waals surface area contributed by atoms with Gasteiger partial charge in [-0.3, -0.25) is 4.79 Å². The van der Waals surface area contributed by atoms with Gasteiger partial charge in [-0.1, -0.05) is 11.6 Å². The lowest BCUT2D eigenvalue weighted by Gasteiger charge is -2.07. The molecule has 0 unspecified atom stereocenters. The lowest BCUT2D eigenvalue weighted by molar-refractivity contribution is -0.144. The second-order valence-electron chi connectivity index (χ2n) is 4.93. The largest absolute Gasteiger partial charge is 0.482 e. The maximum Gasteiger partial charge on any atom is 0.344 e. The van der Waals surface area contributed by atoms with Crippen LogP contribution in [0.5, 0.6) is 5.75 Å². The zero-order valence-electron chi connectivity index (χ0n) is 12.7. The van der Waals surface area contributed by atoms with Crippen molar-refractivity contribution < 1.29 is 23.5 Å². The summed E-state index contributed by atoms with van der Waals surface area (Å²) in [4.78, 5) is 35.1. The van der Waals surface area contributed by atoms with E-state index in [0.717, 1.165) is 16.7 Å². The van der Waals surface area contributed by atoms with Crippen molar-refractivity contribution in [2.45, 2.75) is 0 Å². The molecule has 25 heavy (non-hydrogen) atoms. The van der Waals surface area contributed by atoms with E-state index in [9.17, 15) is 14.4 Å². The average molecular weight is 379 g/mol. The van der Waals surface area contributed by atoms with Crippen LogP contribution in [0.2, 0.25) is 4.34 Å². The molecule has 0 aliphatic carbocycles. The molecule has 0 aliphatic heterocycles. The molecule has 0 bridgehead atoms. The van der Waals surface area contributed by atoms with Crippen molar-refractivity contribution in [2.24, 2.45) is 0 Å². The molecule has 0 radical (unpaired) electrons. The molecule has 1 aromatic carbocycles. The molecule has 0 atom stereocenters. The Hall–Kier alpha value is -2.64. The number of esters is 1. The van der Waals surface area contributed by atoms with E-state index in [1.165, 1.54) is 12.1 Å². The van der Waals surface area contributed by atoms with Crippen LogP contribution < -0.4 is 10.4 Å². The quantitative estimate of drug-likeness (QED) is 0.372. The van der Waals surface area contributed by atoms with Gasteiger partial charge in [0.2, 0.25) is 5.78 Å². The molecular weight excluding hydrogens is 368 g/mol. The van der Waals surface area contributed by atoms with E-state index in [4.69, 9.17) is 25.5 Å². The maximum absolute atomic E-state index is 11.8. The fraction of sp³-hybridized carbons (Fsp3) is 0.118. The van der Waals surface area contributed by atoms with Crippen molar-refractivity contribution in [2.75, 3.05) is 13.2 Å². The summed E-state index contributed by atoms with van der Waals surface area (Å²) in [7, 11) is 0. The summed E-state index contributed by atoms with van der Waals surface area (Å²) in [5.74, 6) is -0.682. The minimum Gasteiger partial charge on any atom is -0.482 e. The van der Waals surface area contributed by atoms with Gasteiger partial charge < -0.3 is 13.9 Å². The fourth-order valence-corrected chi connectivity index (χ4v) is 2.96. The molecule has 6 nitrogen and oxygen atoms in total. The van der Waals surface area contributed by atoms with Crippen LogP contribution in [0.4, 0.5) is 0 Å². The monoisotopic (exact) mass is 378 g/mol. The van der Waals surface area contributed by atoms with Gasteiger partial charge in [-0.15, -0.1) is 11.3 Å². The Bertz CT molecular complexity index is 990. The van der Waals surface area contributed by atoms with E-state index in [1.54, 1.807) is 30.3 Å². The summed E-state index contributed by atoms with van der Waals surface area (Å²) < 4.78 is 15.7. The van der Waals surface area contributed by atoms with E-state index < -0.39 is 11.6 Å². The minimum atomic E-state index is -0.689. The summed E-state index contributed by atoms with van der Waals surface area (Å²) in [6.45, 7) is -0.757. The summed E-state index contributed by atoms with van der Waals surface area (Å²) in [6.07, 6.45) is 0. The normalized spacial score (nSPS) is 10.6. The van der Waals surface area contributed by atoms with Gasteiger partial charge in [0.25, 0.3) is 0 Å². The molecule has 0 saturated carbocycles. The zero-order valence-corrected chi connectivity index (χ0v) is 14.3. The number of fused-ring (bicyclic) bond motifs is 1. The third-order valence-electron chi connectivity index (χ3n) is 3.16. The standard InChI is InChI=1S/C17H11ClO6S/c18-15-5-4-14(25-15)12(19)8-23-17(21)9-22-11-3-1-10-2-6-16(20)24-13(10)7-11/h1-7H,8-9H2. The summed E-state index contributed by atoms with van der Waals surface area (Å²) in [6, 6.07) is 10.9. The number of Topliss-reactive ketones (excluding diaryl/α,β-unsaturated/α-hetero) is 1. The highest BCUT2D eigenvalue weighted by atomic mass is 35.5. The van der Waals surface area contributed by atoms with Gasteiger partial charge in [-0.05, 0) is 30.3 Å². The Balaban J connectivity index is 1.53. The number of carbonyl (C=O) groups excluding carboxylic acids is 2. The number of thiophene rings is 1.